The predicted octanol–water partition coefficient (Wildman–Crippen LogP) is 4.87. The molecule has 25 heavy (non-hydrogen) atoms. The van der Waals surface area contributed by atoms with E-state index < -0.39 is 12.3 Å². The molecule has 2 unspecified atom stereocenters. The van der Waals surface area contributed by atoms with E-state index in [4.69, 9.17) is 1.37 Å². The van der Waals surface area contributed by atoms with E-state index in [1.54, 1.807) is 0 Å². The molecule has 2 nitrogen and oxygen atoms in total. The molecule has 3 aromatic carbocycles. The summed E-state index contributed by atoms with van der Waals surface area (Å²) in [7, 11) is 0. The molecule has 3 aromatic rings. The van der Waals surface area contributed by atoms with Gasteiger partial charge in [-0.3, -0.25) is 4.79 Å². The van der Waals surface area contributed by atoms with Crippen LogP contribution in [-0.2, 0) is 17.7 Å². The molecule has 0 spiro atoms. The Hall–Kier alpha value is -2.87. The molecule has 2 atom stereocenters. The monoisotopic (exact) mass is 328 g/mol. The average Bonchev–Trinajstić information content (AvgIpc) is 2.94. The summed E-state index contributed by atoms with van der Waals surface area (Å²) >= 11 is 0. The van der Waals surface area contributed by atoms with Gasteiger partial charge >= 0.3 is 0 Å². The zero-order chi connectivity index (χ0) is 18.1. The summed E-state index contributed by atoms with van der Waals surface area (Å²) in [4.78, 5) is 15.1. The minimum absolute atomic E-state index is 0.0123. The van der Waals surface area contributed by atoms with Crippen LogP contribution < -0.4 is 4.90 Å². The molecule has 0 N–H and O–H groups in total. The predicted molar refractivity (Wildman–Crippen MR) is 102 cm³/mol. The average molecular weight is 328 g/mol. The number of hydrogen-bond donors (Lipinski definition) is 0. The molecule has 124 valence electrons. The standard InChI is InChI=1S/C23H21NO/c1-17-12-13-22-20(14-17)21(15-18-8-4-2-5-9-18)23(25)24(22)16-19-10-6-3-7-11-19/h2-14,21H,15-16H2,1H3/i15D. The summed E-state index contributed by atoms with van der Waals surface area (Å²) in [6, 6.07) is 25.8. The van der Waals surface area contributed by atoms with E-state index in [9.17, 15) is 4.79 Å². The molecule has 0 fully saturated rings. The van der Waals surface area contributed by atoms with E-state index in [1.165, 1.54) is 0 Å². The Morgan fingerprint density at radius 1 is 0.920 bits per heavy atom. The van der Waals surface area contributed by atoms with Gasteiger partial charge in [0.05, 0.1) is 12.5 Å². The van der Waals surface area contributed by atoms with Crippen molar-refractivity contribution in [1.82, 2.24) is 0 Å². The second-order valence-electron chi connectivity index (χ2n) is 6.53. The summed E-state index contributed by atoms with van der Waals surface area (Å²) in [5, 5.41) is 0. The number of benzene rings is 3. The number of fused-ring (bicyclic) bond motifs is 1. The van der Waals surface area contributed by atoms with Crippen LogP contribution in [0.25, 0.3) is 0 Å². The molecule has 0 saturated carbocycles. The van der Waals surface area contributed by atoms with Crippen LogP contribution in [0.2, 0.25) is 0 Å². The fourth-order valence-electron chi connectivity index (χ4n) is 3.44. The minimum atomic E-state index is -0.606. The van der Waals surface area contributed by atoms with Crippen LogP contribution in [0.5, 0.6) is 0 Å². The second kappa shape index (κ2) is 6.56. The van der Waals surface area contributed by atoms with Gasteiger partial charge in [0.1, 0.15) is 0 Å². The maximum Gasteiger partial charge on any atom is 0.235 e. The van der Waals surface area contributed by atoms with Gasteiger partial charge in [-0.05, 0) is 36.1 Å². The first-order chi connectivity index (χ1) is 12.6. The molecule has 0 radical (unpaired) electrons. The second-order valence-corrected chi connectivity index (χ2v) is 6.53. The molecule has 0 aliphatic carbocycles. The SMILES string of the molecule is [2H]C(c1ccccc1)C1C(=O)N(Cc2ccccc2)c2ccc(C)cc21. The van der Waals surface area contributed by atoms with E-state index in [1.807, 2.05) is 84.6 Å². The molecule has 4 rings (SSSR count). The molecule has 0 aromatic heterocycles. The highest BCUT2D eigenvalue weighted by atomic mass is 16.2. The normalized spacial score (nSPS) is 18.0. The number of carbonyl (C=O) groups excluding carboxylic acids is 1. The Morgan fingerprint density at radius 2 is 1.56 bits per heavy atom. The lowest BCUT2D eigenvalue weighted by atomic mass is 9.92. The summed E-state index contributed by atoms with van der Waals surface area (Å²) in [5.74, 6) is -0.450. The molecule has 1 amide bonds. The van der Waals surface area contributed by atoms with Crippen molar-refractivity contribution in [3.05, 3.63) is 101 Å². The van der Waals surface area contributed by atoms with Crippen molar-refractivity contribution in [2.45, 2.75) is 25.8 Å². The summed E-state index contributed by atoms with van der Waals surface area (Å²) in [6.07, 6.45) is -0.606. The Bertz CT molecular complexity index is 923. The summed E-state index contributed by atoms with van der Waals surface area (Å²) < 4.78 is 8.76. The third-order valence-electron chi connectivity index (χ3n) is 4.68. The Morgan fingerprint density at radius 3 is 2.24 bits per heavy atom. The van der Waals surface area contributed by atoms with Gasteiger partial charge in [0.2, 0.25) is 5.91 Å². The lowest BCUT2D eigenvalue weighted by molar-refractivity contribution is -0.119. The lowest BCUT2D eigenvalue weighted by Crippen LogP contribution is -2.28. The van der Waals surface area contributed by atoms with Gasteiger partial charge in [-0.1, -0.05) is 78.4 Å². The smallest absolute Gasteiger partial charge is 0.235 e. The highest BCUT2D eigenvalue weighted by Crippen LogP contribution is 2.40. The van der Waals surface area contributed by atoms with E-state index >= 15 is 0 Å². The van der Waals surface area contributed by atoms with Gasteiger partial charge in [0.15, 0.2) is 0 Å². The molecular formula is C23H21NO. The van der Waals surface area contributed by atoms with Crippen LogP contribution in [-0.4, -0.2) is 5.91 Å². The summed E-state index contributed by atoms with van der Waals surface area (Å²) in [5.41, 5.74) is 4.98. The zero-order valence-corrected chi connectivity index (χ0v) is 14.2. The highest BCUT2D eigenvalue weighted by molar-refractivity contribution is 6.05. The topological polar surface area (TPSA) is 20.3 Å². The first-order valence-electron chi connectivity index (χ1n) is 9.16. The number of hydrogen-bond acceptors (Lipinski definition) is 1. The minimum Gasteiger partial charge on any atom is -0.307 e. The van der Waals surface area contributed by atoms with E-state index in [0.29, 0.717) is 6.54 Å². The van der Waals surface area contributed by atoms with Crippen LogP contribution >= 0.6 is 0 Å². The van der Waals surface area contributed by atoms with Crippen molar-refractivity contribution in [3.63, 3.8) is 0 Å². The van der Waals surface area contributed by atoms with Gasteiger partial charge in [0, 0.05) is 7.06 Å². The molecule has 0 bridgehead atoms. The van der Waals surface area contributed by atoms with E-state index in [0.717, 1.165) is 27.9 Å². The molecule has 2 heteroatoms. The van der Waals surface area contributed by atoms with Crippen molar-refractivity contribution in [3.8, 4) is 0 Å². The number of aryl methyl sites for hydroxylation is 1. The fourth-order valence-corrected chi connectivity index (χ4v) is 3.44. The molecule has 1 aliphatic rings. The number of carbonyl (C=O) groups is 1. The van der Waals surface area contributed by atoms with Gasteiger partial charge in [0.25, 0.3) is 0 Å². The number of rotatable bonds is 4. The third kappa shape index (κ3) is 3.08. The van der Waals surface area contributed by atoms with E-state index in [-0.39, 0.29) is 5.91 Å². The largest absolute Gasteiger partial charge is 0.307 e. The number of anilines is 1. The van der Waals surface area contributed by atoms with Gasteiger partial charge in [-0.25, -0.2) is 0 Å². The van der Waals surface area contributed by atoms with Crippen molar-refractivity contribution >= 4 is 11.6 Å². The number of nitrogens with zero attached hydrogens (tertiary/aromatic N) is 1. The zero-order valence-electron chi connectivity index (χ0n) is 15.2. The van der Waals surface area contributed by atoms with Crippen LogP contribution in [0.1, 0.15) is 29.5 Å². The van der Waals surface area contributed by atoms with Crippen molar-refractivity contribution in [1.29, 1.82) is 0 Å². The van der Waals surface area contributed by atoms with Gasteiger partial charge in [-0.2, -0.15) is 0 Å². The number of amides is 1. The van der Waals surface area contributed by atoms with Crippen LogP contribution in [0, 0.1) is 6.92 Å². The van der Waals surface area contributed by atoms with Crippen molar-refractivity contribution in [2.75, 3.05) is 4.90 Å². The maximum absolute atomic E-state index is 13.3. The fraction of sp³-hybridized carbons (Fsp3) is 0.174. The quantitative estimate of drug-likeness (QED) is 0.669. The Balaban J connectivity index is 1.74. The van der Waals surface area contributed by atoms with Gasteiger partial charge < -0.3 is 4.90 Å². The Labute approximate surface area is 150 Å². The van der Waals surface area contributed by atoms with Crippen LogP contribution in [0.3, 0.4) is 0 Å². The van der Waals surface area contributed by atoms with Crippen molar-refractivity contribution in [2.24, 2.45) is 0 Å². The lowest BCUT2D eigenvalue weighted by Gasteiger charge is -2.18. The van der Waals surface area contributed by atoms with Crippen LogP contribution in [0.4, 0.5) is 5.69 Å². The molecule has 1 heterocycles. The van der Waals surface area contributed by atoms with E-state index in [2.05, 4.69) is 6.07 Å². The summed E-state index contributed by atoms with van der Waals surface area (Å²) in [6.45, 7) is 2.57. The third-order valence-corrected chi connectivity index (χ3v) is 4.68. The Kier molecular flexibility index (Phi) is 3.80. The molecule has 1 aliphatic heterocycles. The molecular weight excluding hydrogens is 306 g/mol. The van der Waals surface area contributed by atoms with Gasteiger partial charge in [-0.15, -0.1) is 0 Å². The maximum atomic E-state index is 13.3. The van der Waals surface area contributed by atoms with Crippen LogP contribution in [0.15, 0.2) is 78.9 Å². The first-order valence-corrected chi connectivity index (χ1v) is 8.58. The molecule has 0 saturated heterocycles. The van der Waals surface area contributed by atoms with Crippen molar-refractivity contribution < 1.29 is 6.17 Å². The first kappa shape index (κ1) is 14.5. The highest BCUT2D eigenvalue weighted by Gasteiger charge is 2.37.